The first-order chi connectivity index (χ1) is 16.0. The van der Waals surface area contributed by atoms with E-state index in [4.69, 9.17) is 0 Å². The van der Waals surface area contributed by atoms with Gasteiger partial charge in [-0.1, -0.05) is 0 Å². The molecule has 0 bridgehead atoms. The highest BCUT2D eigenvalue weighted by atomic mass is 19.1. The van der Waals surface area contributed by atoms with Gasteiger partial charge in [0.15, 0.2) is 5.82 Å². The number of hydrogen-bond donors (Lipinski definition) is 2. The number of nitrogens with zero attached hydrogens (tertiary/aromatic N) is 4. The van der Waals surface area contributed by atoms with Gasteiger partial charge in [-0.15, -0.1) is 0 Å². The second-order valence-electron chi connectivity index (χ2n) is 8.84. The molecule has 174 valence electrons. The Morgan fingerprint density at radius 2 is 2.03 bits per heavy atom. The van der Waals surface area contributed by atoms with Crippen LogP contribution in [0, 0.1) is 5.82 Å². The molecule has 2 aromatic rings. The predicted octanol–water partition coefficient (Wildman–Crippen LogP) is 2.21. The van der Waals surface area contributed by atoms with E-state index in [1.807, 2.05) is 24.1 Å². The van der Waals surface area contributed by atoms with E-state index in [-0.39, 0.29) is 23.7 Å². The number of pyridine rings is 1. The molecule has 1 atom stereocenters. The van der Waals surface area contributed by atoms with Gasteiger partial charge < -0.3 is 20.4 Å². The quantitative estimate of drug-likeness (QED) is 0.724. The van der Waals surface area contributed by atoms with Crippen LogP contribution >= 0.6 is 0 Å². The van der Waals surface area contributed by atoms with E-state index >= 15 is 0 Å². The summed E-state index contributed by atoms with van der Waals surface area (Å²) in [5.41, 5.74) is 2.71. The number of aromatic nitrogens is 1. The molecule has 2 N–H and O–H groups in total. The summed E-state index contributed by atoms with van der Waals surface area (Å²) < 4.78 is 14.7. The van der Waals surface area contributed by atoms with Crippen LogP contribution in [-0.2, 0) is 11.3 Å². The van der Waals surface area contributed by atoms with Crippen molar-refractivity contribution in [1.82, 2.24) is 15.2 Å². The van der Waals surface area contributed by atoms with Crippen LogP contribution in [0.25, 0.3) is 0 Å². The number of rotatable bonds is 5. The molecular weight excluding hydrogens is 423 g/mol. The lowest BCUT2D eigenvalue weighted by atomic mass is 10.1. The second kappa shape index (κ2) is 8.97. The van der Waals surface area contributed by atoms with E-state index in [1.165, 1.54) is 6.07 Å². The van der Waals surface area contributed by atoms with Gasteiger partial charge in [-0.05, 0) is 49.6 Å². The van der Waals surface area contributed by atoms with Gasteiger partial charge in [-0.25, -0.2) is 9.37 Å². The Hall–Kier alpha value is -3.20. The second-order valence-corrected chi connectivity index (χ2v) is 8.84. The SMILES string of the molecule is CCNC(=O)c1ccc(N2CCN(Cc3cnc4c(c3)NC(=O)[C@@H]3CCCN43)CC2)c(F)c1. The van der Waals surface area contributed by atoms with E-state index in [0.29, 0.717) is 30.9 Å². The summed E-state index contributed by atoms with van der Waals surface area (Å²) in [5.74, 6) is 0.301. The smallest absolute Gasteiger partial charge is 0.251 e. The van der Waals surface area contributed by atoms with E-state index in [0.717, 1.165) is 56.1 Å². The minimum Gasteiger partial charge on any atom is -0.367 e. The molecule has 5 rings (SSSR count). The zero-order valence-electron chi connectivity index (χ0n) is 18.8. The third-order valence-electron chi connectivity index (χ3n) is 6.68. The Balaban J connectivity index is 1.21. The fraction of sp³-hybridized carbons (Fsp3) is 0.458. The van der Waals surface area contributed by atoms with Crippen molar-refractivity contribution in [3.63, 3.8) is 0 Å². The van der Waals surface area contributed by atoms with Crippen molar-refractivity contribution < 1.29 is 14.0 Å². The van der Waals surface area contributed by atoms with E-state index in [1.54, 1.807) is 12.1 Å². The molecule has 8 nitrogen and oxygen atoms in total. The summed E-state index contributed by atoms with van der Waals surface area (Å²) >= 11 is 0. The molecule has 3 aliphatic heterocycles. The average Bonchev–Trinajstić information content (AvgIpc) is 3.31. The summed E-state index contributed by atoms with van der Waals surface area (Å²) in [4.78, 5) is 35.4. The van der Waals surface area contributed by atoms with Crippen molar-refractivity contribution in [3.8, 4) is 0 Å². The molecule has 3 aliphatic rings. The van der Waals surface area contributed by atoms with Crippen LogP contribution in [0.2, 0.25) is 0 Å². The number of carbonyl (C=O) groups is 2. The molecule has 0 aliphatic carbocycles. The largest absolute Gasteiger partial charge is 0.367 e. The third-order valence-corrected chi connectivity index (χ3v) is 6.68. The molecule has 0 unspecified atom stereocenters. The van der Waals surface area contributed by atoms with Crippen molar-refractivity contribution in [1.29, 1.82) is 0 Å². The molecule has 4 heterocycles. The molecule has 1 aromatic carbocycles. The van der Waals surface area contributed by atoms with Crippen LogP contribution in [0.4, 0.5) is 21.6 Å². The number of hydrogen-bond acceptors (Lipinski definition) is 6. The minimum absolute atomic E-state index is 0.0628. The van der Waals surface area contributed by atoms with E-state index < -0.39 is 0 Å². The van der Waals surface area contributed by atoms with Crippen LogP contribution in [0.5, 0.6) is 0 Å². The molecule has 2 fully saturated rings. The highest BCUT2D eigenvalue weighted by Gasteiger charge is 2.37. The highest BCUT2D eigenvalue weighted by molar-refractivity contribution is 6.03. The van der Waals surface area contributed by atoms with Gasteiger partial charge in [0.1, 0.15) is 11.9 Å². The Kier molecular flexibility index (Phi) is 5.88. The van der Waals surface area contributed by atoms with Crippen molar-refractivity contribution in [2.24, 2.45) is 0 Å². The first kappa shape index (κ1) is 21.6. The Labute approximate surface area is 192 Å². The van der Waals surface area contributed by atoms with Crippen LogP contribution in [0.1, 0.15) is 35.7 Å². The molecular formula is C24H29FN6O2. The number of anilines is 3. The number of benzene rings is 1. The minimum atomic E-state index is -0.373. The lowest BCUT2D eigenvalue weighted by Gasteiger charge is -2.36. The van der Waals surface area contributed by atoms with Crippen molar-refractivity contribution in [2.75, 3.05) is 54.4 Å². The lowest BCUT2D eigenvalue weighted by Crippen LogP contribution is -2.46. The molecule has 0 spiro atoms. The maximum Gasteiger partial charge on any atom is 0.251 e. The number of piperazine rings is 1. The van der Waals surface area contributed by atoms with E-state index in [2.05, 4.69) is 25.4 Å². The van der Waals surface area contributed by atoms with Crippen LogP contribution < -0.4 is 20.4 Å². The topological polar surface area (TPSA) is 80.8 Å². The van der Waals surface area contributed by atoms with E-state index in [9.17, 15) is 14.0 Å². The number of carbonyl (C=O) groups excluding carboxylic acids is 2. The number of nitrogens with one attached hydrogen (secondary N) is 2. The highest BCUT2D eigenvalue weighted by Crippen LogP contribution is 2.35. The fourth-order valence-corrected chi connectivity index (χ4v) is 4.99. The molecule has 0 saturated carbocycles. The number of amides is 2. The molecule has 0 radical (unpaired) electrons. The molecule has 33 heavy (non-hydrogen) atoms. The van der Waals surface area contributed by atoms with Crippen LogP contribution in [0.3, 0.4) is 0 Å². The number of fused-ring (bicyclic) bond motifs is 3. The Morgan fingerprint density at radius 1 is 1.21 bits per heavy atom. The number of halogens is 1. The first-order valence-electron chi connectivity index (χ1n) is 11.6. The average molecular weight is 453 g/mol. The maximum absolute atomic E-state index is 14.7. The monoisotopic (exact) mass is 452 g/mol. The van der Waals surface area contributed by atoms with Gasteiger partial charge in [0.25, 0.3) is 5.91 Å². The normalized spacial score (nSPS) is 20.3. The molecule has 2 amide bonds. The third kappa shape index (κ3) is 4.25. The van der Waals surface area contributed by atoms with Gasteiger partial charge in [0, 0.05) is 57.6 Å². The van der Waals surface area contributed by atoms with Crippen molar-refractivity contribution >= 4 is 29.0 Å². The summed E-state index contributed by atoms with van der Waals surface area (Å²) in [5, 5.41) is 5.72. The fourth-order valence-electron chi connectivity index (χ4n) is 4.99. The summed E-state index contributed by atoms with van der Waals surface area (Å²) in [6, 6.07) is 6.62. The zero-order chi connectivity index (χ0) is 22.9. The zero-order valence-corrected chi connectivity index (χ0v) is 18.8. The van der Waals surface area contributed by atoms with Gasteiger partial charge in [0.2, 0.25) is 5.91 Å². The summed E-state index contributed by atoms with van der Waals surface area (Å²) in [7, 11) is 0. The van der Waals surface area contributed by atoms with Crippen LogP contribution in [-0.4, -0.2) is 67.0 Å². The van der Waals surface area contributed by atoms with Gasteiger partial charge >= 0.3 is 0 Å². The Bertz CT molecular complexity index is 1070. The molecule has 2 saturated heterocycles. The standard InChI is InChI=1S/C24H29FN6O2/c1-2-26-23(32)17-5-6-20(18(25)13-17)30-10-8-29(9-11-30)15-16-12-19-22(27-14-16)31-7-3-4-21(31)24(33)28-19/h5-6,12-14,21H,2-4,7-11,15H2,1H3,(H,26,32)(H,28,33)/t21-/m0/s1. The first-order valence-corrected chi connectivity index (χ1v) is 11.6. The molecule has 1 aromatic heterocycles. The maximum atomic E-state index is 14.7. The van der Waals surface area contributed by atoms with Crippen molar-refractivity contribution in [3.05, 3.63) is 47.4 Å². The summed E-state index contributed by atoms with van der Waals surface area (Å²) in [6.45, 7) is 6.91. The Morgan fingerprint density at radius 3 is 2.79 bits per heavy atom. The van der Waals surface area contributed by atoms with Gasteiger partial charge in [-0.3, -0.25) is 14.5 Å². The van der Waals surface area contributed by atoms with Crippen LogP contribution in [0.15, 0.2) is 30.5 Å². The molecule has 9 heteroatoms. The van der Waals surface area contributed by atoms with Gasteiger partial charge in [0.05, 0.1) is 11.4 Å². The summed E-state index contributed by atoms with van der Waals surface area (Å²) in [6.07, 6.45) is 3.80. The van der Waals surface area contributed by atoms with Gasteiger partial charge in [-0.2, -0.15) is 0 Å². The lowest BCUT2D eigenvalue weighted by molar-refractivity contribution is -0.117. The predicted molar refractivity (Wildman–Crippen MR) is 125 cm³/mol. The van der Waals surface area contributed by atoms with Crippen molar-refractivity contribution in [2.45, 2.75) is 32.4 Å².